The molecule has 0 aromatic rings. The molecule has 3 nitrogen and oxygen atoms in total. The van der Waals surface area contributed by atoms with E-state index in [4.69, 9.17) is 11.1 Å². The first-order valence-corrected chi connectivity index (χ1v) is 5.70. The number of rotatable bonds is 5. The normalized spacial score (nSPS) is 18.7. The number of nitrogens with zero attached hydrogens (tertiary/aromatic N) is 1. The summed E-state index contributed by atoms with van der Waals surface area (Å²) in [6.07, 6.45) is 7.74. The second-order valence-electron chi connectivity index (χ2n) is 4.54. The molecule has 0 unspecified atom stereocenters. The maximum Gasteiger partial charge on any atom is 0.0918 e. The average molecular weight is 197 g/mol. The van der Waals surface area contributed by atoms with Crippen LogP contribution in [0.5, 0.6) is 0 Å². The SMILES string of the molecule is CN(CCC(=N)N)CC1CCCCC1. The van der Waals surface area contributed by atoms with E-state index in [0.29, 0.717) is 12.3 Å². The Morgan fingerprint density at radius 3 is 2.57 bits per heavy atom. The number of hydrogen-bond donors (Lipinski definition) is 2. The molecule has 1 aliphatic carbocycles. The molecule has 0 spiro atoms. The molecule has 3 N–H and O–H groups in total. The molecule has 0 bridgehead atoms. The van der Waals surface area contributed by atoms with Gasteiger partial charge < -0.3 is 10.6 Å². The third-order valence-electron chi connectivity index (χ3n) is 3.06. The Balaban J connectivity index is 2.11. The van der Waals surface area contributed by atoms with Crippen molar-refractivity contribution in [1.29, 1.82) is 5.41 Å². The Morgan fingerprint density at radius 1 is 1.36 bits per heavy atom. The fourth-order valence-electron chi connectivity index (χ4n) is 2.21. The quantitative estimate of drug-likeness (QED) is 0.522. The highest BCUT2D eigenvalue weighted by Crippen LogP contribution is 2.23. The van der Waals surface area contributed by atoms with Crippen molar-refractivity contribution in [2.75, 3.05) is 20.1 Å². The molecule has 1 rings (SSSR count). The van der Waals surface area contributed by atoms with Crippen LogP contribution in [0.25, 0.3) is 0 Å². The summed E-state index contributed by atoms with van der Waals surface area (Å²) in [6, 6.07) is 0. The van der Waals surface area contributed by atoms with Crippen molar-refractivity contribution in [3.8, 4) is 0 Å². The van der Waals surface area contributed by atoms with E-state index in [2.05, 4.69) is 11.9 Å². The van der Waals surface area contributed by atoms with Gasteiger partial charge in [0.25, 0.3) is 0 Å². The maximum absolute atomic E-state index is 7.16. The van der Waals surface area contributed by atoms with E-state index in [0.717, 1.165) is 12.5 Å². The lowest BCUT2D eigenvalue weighted by Crippen LogP contribution is -2.30. The Bertz CT molecular complexity index is 173. The van der Waals surface area contributed by atoms with Crippen LogP contribution in [0.2, 0.25) is 0 Å². The van der Waals surface area contributed by atoms with Gasteiger partial charge in [0.05, 0.1) is 5.84 Å². The van der Waals surface area contributed by atoms with Crippen molar-refractivity contribution in [2.24, 2.45) is 11.7 Å². The smallest absolute Gasteiger partial charge is 0.0918 e. The summed E-state index contributed by atoms with van der Waals surface area (Å²) >= 11 is 0. The van der Waals surface area contributed by atoms with Gasteiger partial charge in [-0.2, -0.15) is 0 Å². The highest BCUT2D eigenvalue weighted by Gasteiger charge is 2.14. The lowest BCUT2D eigenvalue weighted by Gasteiger charge is -2.26. The van der Waals surface area contributed by atoms with Crippen molar-refractivity contribution in [2.45, 2.75) is 38.5 Å². The fourth-order valence-corrected chi connectivity index (χ4v) is 2.21. The van der Waals surface area contributed by atoms with Crippen molar-refractivity contribution >= 4 is 5.84 Å². The zero-order valence-electron chi connectivity index (χ0n) is 9.26. The number of nitrogens with two attached hydrogens (primary N) is 1. The summed E-state index contributed by atoms with van der Waals surface area (Å²) in [4.78, 5) is 2.32. The monoisotopic (exact) mass is 197 g/mol. The minimum absolute atomic E-state index is 0.306. The van der Waals surface area contributed by atoms with E-state index in [1.165, 1.54) is 38.6 Å². The van der Waals surface area contributed by atoms with Crippen LogP contribution in [0, 0.1) is 11.3 Å². The van der Waals surface area contributed by atoms with Crippen LogP contribution in [0.3, 0.4) is 0 Å². The van der Waals surface area contributed by atoms with Crippen molar-refractivity contribution < 1.29 is 0 Å². The molecule has 14 heavy (non-hydrogen) atoms. The molecule has 1 aliphatic rings. The first-order chi connectivity index (χ1) is 6.68. The molecule has 0 aromatic heterocycles. The Labute approximate surface area is 87.2 Å². The lowest BCUT2D eigenvalue weighted by atomic mass is 9.89. The van der Waals surface area contributed by atoms with Crippen molar-refractivity contribution in [1.82, 2.24) is 4.90 Å². The molecule has 0 saturated heterocycles. The summed E-state index contributed by atoms with van der Waals surface area (Å²) in [7, 11) is 2.14. The predicted octanol–water partition coefficient (Wildman–Crippen LogP) is 1.82. The molecular weight excluding hydrogens is 174 g/mol. The van der Waals surface area contributed by atoms with Crippen LogP contribution in [-0.4, -0.2) is 30.9 Å². The Hall–Kier alpha value is -0.570. The molecule has 1 fully saturated rings. The first kappa shape index (κ1) is 11.5. The second-order valence-corrected chi connectivity index (χ2v) is 4.54. The van der Waals surface area contributed by atoms with Crippen LogP contribution in [0.15, 0.2) is 0 Å². The molecule has 0 aromatic carbocycles. The number of hydrogen-bond acceptors (Lipinski definition) is 2. The van der Waals surface area contributed by atoms with E-state index in [1.54, 1.807) is 0 Å². The van der Waals surface area contributed by atoms with Crippen molar-refractivity contribution in [3.05, 3.63) is 0 Å². The maximum atomic E-state index is 7.16. The van der Waals surface area contributed by atoms with Gasteiger partial charge in [-0.1, -0.05) is 19.3 Å². The largest absolute Gasteiger partial charge is 0.388 e. The molecular formula is C11H23N3. The summed E-state index contributed by atoms with van der Waals surface area (Å²) in [5, 5.41) is 7.16. The summed E-state index contributed by atoms with van der Waals surface area (Å²) < 4.78 is 0. The van der Waals surface area contributed by atoms with E-state index < -0.39 is 0 Å². The van der Waals surface area contributed by atoms with Crippen LogP contribution in [-0.2, 0) is 0 Å². The molecule has 82 valence electrons. The standard InChI is InChI=1S/C11H23N3/c1-14(8-7-11(12)13)9-10-5-3-2-4-6-10/h10H,2-9H2,1H3,(H3,12,13). The molecule has 0 radical (unpaired) electrons. The van der Waals surface area contributed by atoms with Gasteiger partial charge in [0.15, 0.2) is 0 Å². The summed E-state index contributed by atoms with van der Waals surface area (Å²) in [5.74, 6) is 1.20. The number of nitrogens with one attached hydrogen (secondary N) is 1. The zero-order valence-corrected chi connectivity index (χ0v) is 9.26. The van der Waals surface area contributed by atoms with Crippen molar-refractivity contribution in [3.63, 3.8) is 0 Å². The van der Waals surface area contributed by atoms with Gasteiger partial charge in [0.2, 0.25) is 0 Å². The molecule has 3 heteroatoms. The van der Waals surface area contributed by atoms with E-state index in [-0.39, 0.29) is 0 Å². The van der Waals surface area contributed by atoms with E-state index in [1.807, 2.05) is 0 Å². The second kappa shape index (κ2) is 6.02. The van der Waals surface area contributed by atoms with Crippen LogP contribution >= 0.6 is 0 Å². The average Bonchev–Trinajstić information content (AvgIpc) is 2.16. The Morgan fingerprint density at radius 2 is 2.00 bits per heavy atom. The van der Waals surface area contributed by atoms with Gasteiger partial charge >= 0.3 is 0 Å². The van der Waals surface area contributed by atoms with Crippen LogP contribution in [0.4, 0.5) is 0 Å². The minimum atomic E-state index is 0.306. The lowest BCUT2D eigenvalue weighted by molar-refractivity contribution is 0.237. The summed E-state index contributed by atoms with van der Waals surface area (Å²) in [5.41, 5.74) is 5.33. The van der Waals surface area contributed by atoms with Crippen LogP contribution < -0.4 is 5.73 Å². The van der Waals surface area contributed by atoms with Gasteiger partial charge in [-0.15, -0.1) is 0 Å². The van der Waals surface area contributed by atoms with E-state index >= 15 is 0 Å². The van der Waals surface area contributed by atoms with Gasteiger partial charge in [0, 0.05) is 19.5 Å². The van der Waals surface area contributed by atoms with Crippen LogP contribution in [0.1, 0.15) is 38.5 Å². The third-order valence-corrected chi connectivity index (χ3v) is 3.06. The summed E-state index contributed by atoms with van der Waals surface area (Å²) in [6.45, 7) is 2.12. The highest BCUT2D eigenvalue weighted by molar-refractivity contribution is 5.76. The molecule has 0 amide bonds. The molecule has 1 saturated carbocycles. The van der Waals surface area contributed by atoms with Gasteiger partial charge in [0.1, 0.15) is 0 Å². The minimum Gasteiger partial charge on any atom is -0.388 e. The molecule has 0 atom stereocenters. The predicted molar refractivity (Wildman–Crippen MR) is 60.6 cm³/mol. The molecule has 0 aliphatic heterocycles. The van der Waals surface area contributed by atoms with Gasteiger partial charge in [-0.05, 0) is 25.8 Å². The Kier molecular flexibility index (Phi) is 4.94. The molecule has 0 heterocycles. The zero-order chi connectivity index (χ0) is 10.4. The topological polar surface area (TPSA) is 53.1 Å². The van der Waals surface area contributed by atoms with E-state index in [9.17, 15) is 0 Å². The first-order valence-electron chi connectivity index (χ1n) is 5.70. The number of amidine groups is 1. The fraction of sp³-hybridized carbons (Fsp3) is 0.909. The van der Waals surface area contributed by atoms with Gasteiger partial charge in [-0.3, -0.25) is 5.41 Å². The third kappa shape index (κ3) is 4.61. The highest BCUT2D eigenvalue weighted by atomic mass is 15.1. The van der Waals surface area contributed by atoms with Gasteiger partial charge in [-0.25, -0.2) is 0 Å².